The first-order valence-electron chi connectivity index (χ1n) is 9.06. The van der Waals surface area contributed by atoms with E-state index in [2.05, 4.69) is 10.3 Å². The van der Waals surface area contributed by atoms with Crippen LogP contribution in [0.4, 0.5) is 19.0 Å². The van der Waals surface area contributed by atoms with Crippen molar-refractivity contribution in [3.63, 3.8) is 0 Å². The van der Waals surface area contributed by atoms with Crippen LogP contribution >= 0.6 is 11.8 Å². The number of amides is 1. The van der Waals surface area contributed by atoms with Crippen LogP contribution in [0.2, 0.25) is 0 Å². The number of nitrogens with one attached hydrogen (secondary N) is 1. The quantitative estimate of drug-likeness (QED) is 0.502. The number of carbonyl (C=O) groups excluding carboxylic acids is 1. The van der Waals surface area contributed by atoms with Gasteiger partial charge in [-0.05, 0) is 35.4 Å². The molecule has 1 amide bonds. The number of thioether (sulfide) groups is 1. The second kappa shape index (κ2) is 7.98. The van der Waals surface area contributed by atoms with Crippen molar-refractivity contribution in [2.75, 3.05) is 5.32 Å². The van der Waals surface area contributed by atoms with E-state index in [1.54, 1.807) is 23.7 Å². The van der Waals surface area contributed by atoms with Gasteiger partial charge in [-0.15, -0.1) is 0 Å². The molecule has 0 saturated carbocycles. The maximum atomic E-state index is 13.7. The summed E-state index contributed by atoms with van der Waals surface area (Å²) < 4.78 is 42.1. The minimum atomic E-state index is -0.804. The molecule has 1 aliphatic heterocycles. The molecule has 1 atom stereocenters. The molecule has 3 aromatic rings. The zero-order chi connectivity index (χ0) is 21.4. The number of halogens is 3. The zero-order valence-electron chi connectivity index (χ0n) is 15.8. The van der Waals surface area contributed by atoms with E-state index < -0.39 is 23.1 Å². The summed E-state index contributed by atoms with van der Waals surface area (Å²) in [5.74, 6) is -2.39. The summed E-state index contributed by atoms with van der Waals surface area (Å²) in [6.45, 7) is 0. The van der Waals surface area contributed by atoms with E-state index >= 15 is 0 Å². The molecule has 1 aromatic heterocycles. The van der Waals surface area contributed by atoms with E-state index in [0.29, 0.717) is 10.9 Å². The highest BCUT2D eigenvalue weighted by molar-refractivity contribution is 7.98. The number of hydrogen-bond acceptors (Lipinski definition) is 4. The van der Waals surface area contributed by atoms with E-state index in [0.717, 1.165) is 23.8 Å². The molecule has 30 heavy (non-hydrogen) atoms. The number of carbonyl (C=O) groups is 1. The van der Waals surface area contributed by atoms with Crippen LogP contribution in [0.5, 0.6) is 0 Å². The summed E-state index contributed by atoms with van der Waals surface area (Å²) in [6, 6.07) is 8.93. The van der Waals surface area contributed by atoms with Crippen LogP contribution in [-0.2, 0) is 17.6 Å². The van der Waals surface area contributed by atoms with Crippen molar-refractivity contribution in [3.8, 4) is 0 Å². The number of fused-ring (bicyclic) bond motifs is 1. The van der Waals surface area contributed by atoms with Gasteiger partial charge in [-0.25, -0.2) is 13.2 Å². The first-order chi connectivity index (χ1) is 14.3. The second-order valence-electron chi connectivity index (χ2n) is 6.94. The van der Waals surface area contributed by atoms with Crippen molar-refractivity contribution >= 4 is 23.5 Å². The fourth-order valence-electron chi connectivity index (χ4n) is 3.45. The Morgan fingerprint density at radius 1 is 1.07 bits per heavy atom. The first-order valence-corrected chi connectivity index (χ1v) is 10.0. The van der Waals surface area contributed by atoms with Gasteiger partial charge < -0.3 is 9.88 Å². The van der Waals surface area contributed by atoms with E-state index in [1.807, 2.05) is 0 Å². The molecule has 2 heterocycles. The maximum Gasteiger partial charge on any atom is 0.279 e. The Labute approximate surface area is 174 Å². The minimum Gasteiger partial charge on any atom is -0.312 e. The zero-order valence-corrected chi connectivity index (χ0v) is 16.6. The van der Waals surface area contributed by atoms with E-state index in [4.69, 9.17) is 0 Å². The molecule has 1 unspecified atom stereocenters. The SMILES string of the molecule is Cn1c(SCc2ccc(F)cc2)nc(=O)c2c1NC(=O)CC2c1cc(F)cc(F)c1. The first kappa shape index (κ1) is 20.2. The van der Waals surface area contributed by atoms with Gasteiger partial charge in [0.1, 0.15) is 23.3 Å². The minimum absolute atomic E-state index is 0.116. The predicted octanol–water partition coefficient (Wildman–Crippen LogP) is 3.96. The number of nitrogens with zero attached hydrogens (tertiary/aromatic N) is 2. The van der Waals surface area contributed by atoms with Gasteiger partial charge in [0.05, 0.1) is 5.56 Å². The molecule has 0 fully saturated rings. The van der Waals surface area contributed by atoms with E-state index in [9.17, 15) is 22.8 Å². The monoisotopic (exact) mass is 431 g/mol. The lowest BCUT2D eigenvalue weighted by Crippen LogP contribution is -2.33. The van der Waals surface area contributed by atoms with Crippen molar-refractivity contribution in [1.82, 2.24) is 9.55 Å². The molecule has 0 aliphatic carbocycles. The Morgan fingerprint density at radius 2 is 1.73 bits per heavy atom. The molecule has 0 radical (unpaired) electrons. The van der Waals surface area contributed by atoms with E-state index in [1.165, 1.54) is 23.9 Å². The van der Waals surface area contributed by atoms with Gasteiger partial charge in [0.2, 0.25) is 5.91 Å². The number of anilines is 1. The third kappa shape index (κ3) is 3.97. The number of rotatable bonds is 4. The summed E-state index contributed by atoms with van der Waals surface area (Å²) in [4.78, 5) is 29.2. The van der Waals surface area contributed by atoms with Crippen LogP contribution in [0.3, 0.4) is 0 Å². The third-order valence-electron chi connectivity index (χ3n) is 4.87. The van der Waals surface area contributed by atoms with Gasteiger partial charge in [0.25, 0.3) is 5.56 Å². The highest BCUT2D eigenvalue weighted by Gasteiger charge is 2.32. The number of aromatic nitrogens is 2. The standard InChI is InChI=1S/C21H16F3N3O2S/c1-27-19-18(16(9-17(28)25-19)12-6-14(23)8-15(24)7-12)20(29)26-21(27)30-10-11-2-4-13(22)5-3-11/h2-8,16H,9-10H2,1H3,(H,25,28). The van der Waals surface area contributed by atoms with Crippen molar-refractivity contribution in [2.24, 2.45) is 7.05 Å². The molecule has 154 valence electrons. The lowest BCUT2D eigenvalue weighted by atomic mass is 9.86. The molecule has 1 aliphatic rings. The summed E-state index contributed by atoms with van der Waals surface area (Å²) >= 11 is 1.25. The van der Waals surface area contributed by atoms with Crippen molar-refractivity contribution in [3.05, 3.63) is 87.0 Å². The maximum absolute atomic E-state index is 13.7. The summed E-state index contributed by atoms with van der Waals surface area (Å²) in [5, 5.41) is 3.03. The highest BCUT2D eigenvalue weighted by Crippen LogP contribution is 2.36. The summed E-state index contributed by atoms with van der Waals surface area (Å²) in [5.41, 5.74) is 0.660. The smallest absolute Gasteiger partial charge is 0.279 e. The average molecular weight is 431 g/mol. The van der Waals surface area contributed by atoms with Crippen LogP contribution < -0.4 is 10.9 Å². The highest BCUT2D eigenvalue weighted by atomic mass is 32.2. The largest absolute Gasteiger partial charge is 0.312 e. The normalized spacial score (nSPS) is 15.6. The molecule has 5 nitrogen and oxygen atoms in total. The van der Waals surface area contributed by atoms with Crippen LogP contribution in [-0.4, -0.2) is 15.5 Å². The second-order valence-corrected chi connectivity index (χ2v) is 7.89. The summed E-state index contributed by atoms with van der Waals surface area (Å²) in [7, 11) is 1.65. The van der Waals surface area contributed by atoms with Crippen LogP contribution in [0, 0.1) is 17.5 Å². The lowest BCUT2D eigenvalue weighted by Gasteiger charge is -2.27. The lowest BCUT2D eigenvalue weighted by molar-refractivity contribution is -0.116. The number of benzene rings is 2. The Hall–Kier alpha value is -3.07. The van der Waals surface area contributed by atoms with Gasteiger partial charge in [-0.3, -0.25) is 9.59 Å². The third-order valence-corrected chi connectivity index (χ3v) is 5.97. The topological polar surface area (TPSA) is 64.0 Å². The van der Waals surface area contributed by atoms with Crippen LogP contribution in [0.25, 0.3) is 0 Å². The fraction of sp³-hybridized carbons (Fsp3) is 0.190. The molecule has 0 spiro atoms. The van der Waals surface area contributed by atoms with E-state index in [-0.39, 0.29) is 35.1 Å². The molecule has 4 rings (SSSR count). The molecule has 0 saturated heterocycles. The Balaban J connectivity index is 1.72. The predicted molar refractivity (Wildman–Crippen MR) is 107 cm³/mol. The fourth-order valence-corrected chi connectivity index (χ4v) is 4.37. The van der Waals surface area contributed by atoms with Crippen molar-refractivity contribution < 1.29 is 18.0 Å². The van der Waals surface area contributed by atoms with Crippen molar-refractivity contribution in [2.45, 2.75) is 23.2 Å². The Morgan fingerprint density at radius 3 is 2.40 bits per heavy atom. The van der Waals surface area contributed by atoms with Gasteiger partial charge in [0.15, 0.2) is 5.16 Å². The van der Waals surface area contributed by atoms with Crippen LogP contribution in [0.1, 0.15) is 29.0 Å². The number of hydrogen-bond donors (Lipinski definition) is 1. The molecular formula is C21H16F3N3O2S. The van der Waals surface area contributed by atoms with Gasteiger partial charge >= 0.3 is 0 Å². The molecular weight excluding hydrogens is 415 g/mol. The van der Waals surface area contributed by atoms with Gasteiger partial charge in [-0.2, -0.15) is 4.98 Å². The molecule has 0 bridgehead atoms. The molecule has 1 N–H and O–H groups in total. The van der Waals surface area contributed by atoms with Crippen LogP contribution in [0.15, 0.2) is 52.4 Å². The van der Waals surface area contributed by atoms with Gasteiger partial charge in [0, 0.05) is 31.2 Å². The Bertz CT molecular complexity index is 1180. The molecule has 2 aromatic carbocycles. The Kier molecular flexibility index (Phi) is 5.38. The average Bonchev–Trinajstić information content (AvgIpc) is 2.69. The summed E-state index contributed by atoms with van der Waals surface area (Å²) in [6.07, 6.45) is -0.116. The molecule has 9 heteroatoms. The van der Waals surface area contributed by atoms with Gasteiger partial charge in [-0.1, -0.05) is 23.9 Å². The van der Waals surface area contributed by atoms with Crippen molar-refractivity contribution in [1.29, 1.82) is 0 Å².